The summed E-state index contributed by atoms with van der Waals surface area (Å²) in [7, 11) is 0. The van der Waals surface area contributed by atoms with E-state index in [-0.39, 0.29) is 23.5 Å². The van der Waals surface area contributed by atoms with E-state index in [1.54, 1.807) is 12.1 Å². The van der Waals surface area contributed by atoms with Crippen molar-refractivity contribution in [2.24, 2.45) is 0 Å². The molecular weight excluding hydrogens is 389 g/mol. The van der Waals surface area contributed by atoms with Crippen molar-refractivity contribution in [1.29, 1.82) is 0 Å². The first-order valence-electron chi connectivity index (χ1n) is 9.68. The van der Waals surface area contributed by atoms with Crippen molar-refractivity contribution < 1.29 is 9.18 Å². The van der Waals surface area contributed by atoms with Gasteiger partial charge in [-0.1, -0.05) is 36.0 Å². The summed E-state index contributed by atoms with van der Waals surface area (Å²) in [5.41, 5.74) is 4.46. The van der Waals surface area contributed by atoms with E-state index in [4.69, 9.17) is 0 Å². The number of carbonyl (C=O) groups excluding carboxylic acids is 1. The Labute approximate surface area is 172 Å². The molecule has 29 heavy (non-hydrogen) atoms. The van der Waals surface area contributed by atoms with Crippen molar-refractivity contribution in [2.75, 3.05) is 5.75 Å². The number of rotatable bonds is 6. The van der Waals surface area contributed by atoms with Crippen molar-refractivity contribution in [1.82, 2.24) is 25.5 Å². The van der Waals surface area contributed by atoms with Crippen LogP contribution < -0.4 is 5.32 Å². The van der Waals surface area contributed by atoms with Gasteiger partial charge < -0.3 is 5.32 Å². The molecule has 6 nitrogen and oxygen atoms in total. The number of tetrazole rings is 1. The Kier molecular flexibility index (Phi) is 5.89. The van der Waals surface area contributed by atoms with E-state index >= 15 is 0 Å². The van der Waals surface area contributed by atoms with Gasteiger partial charge in [0.2, 0.25) is 11.1 Å². The van der Waals surface area contributed by atoms with Gasteiger partial charge in [0.15, 0.2) is 0 Å². The standard InChI is InChI=1S/C21H22FN5OS/c1-14(16-10-9-15-5-2-3-6-17(15)11-16)23-20(28)13-29-21-24-25-26-27(21)19-8-4-7-18(22)12-19/h4,7-12,14H,2-3,5-6,13H2,1H3,(H,23,28). The molecule has 1 aromatic heterocycles. The van der Waals surface area contributed by atoms with Crippen LogP contribution in [0.1, 0.15) is 42.5 Å². The van der Waals surface area contributed by atoms with Gasteiger partial charge in [0.05, 0.1) is 17.5 Å². The molecule has 8 heteroatoms. The molecule has 0 aliphatic heterocycles. The van der Waals surface area contributed by atoms with Crippen molar-refractivity contribution in [2.45, 2.75) is 43.8 Å². The average Bonchev–Trinajstić information content (AvgIpc) is 3.20. The number of amides is 1. The van der Waals surface area contributed by atoms with Crippen LogP contribution in [0.3, 0.4) is 0 Å². The third kappa shape index (κ3) is 4.64. The van der Waals surface area contributed by atoms with E-state index in [0.717, 1.165) is 18.4 Å². The number of carbonyl (C=O) groups is 1. The summed E-state index contributed by atoms with van der Waals surface area (Å²) in [6, 6.07) is 12.4. The second-order valence-electron chi connectivity index (χ2n) is 7.17. The van der Waals surface area contributed by atoms with Gasteiger partial charge in [0.25, 0.3) is 0 Å². The minimum Gasteiger partial charge on any atom is -0.349 e. The lowest BCUT2D eigenvalue weighted by Crippen LogP contribution is -2.28. The van der Waals surface area contributed by atoms with E-state index in [2.05, 4.69) is 39.0 Å². The quantitative estimate of drug-likeness (QED) is 0.627. The third-order valence-corrected chi connectivity index (χ3v) is 6.00. The highest BCUT2D eigenvalue weighted by molar-refractivity contribution is 7.99. The number of aryl methyl sites for hydroxylation is 2. The topological polar surface area (TPSA) is 72.7 Å². The first kappa shape index (κ1) is 19.6. The molecule has 1 heterocycles. The van der Waals surface area contributed by atoms with Crippen LogP contribution in [0.15, 0.2) is 47.6 Å². The molecule has 1 atom stereocenters. The number of nitrogens with zero attached hydrogens (tertiary/aromatic N) is 4. The smallest absolute Gasteiger partial charge is 0.230 e. The molecule has 150 valence electrons. The predicted octanol–water partition coefficient (Wildman–Crippen LogP) is 3.65. The summed E-state index contributed by atoms with van der Waals surface area (Å²) in [5, 5.41) is 15.0. The monoisotopic (exact) mass is 411 g/mol. The maximum atomic E-state index is 13.5. The van der Waals surface area contributed by atoms with Crippen LogP contribution >= 0.6 is 11.8 Å². The van der Waals surface area contributed by atoms with Gasteiger partial charge in [-0.15, -0.1) is 5.10 Å². The number of thioether (sulfide) groups is 1. The molecular formula is C21H22FN5OS. The Hall–Kier alpha value is -2.74. The zero-order valence-electron chi connectivity index (χ0n) is 16.1. The molecule has 1 aliphatic rings. The normalized spacial score (nSPS) is 14.3. The fourth-order valence-electron chi connectivity index (χ4n) is 3.56. The van der Waals surface area contributed by atoms with Gasteiger partial charge in [0, 0.05) is 0 Å². The average molecular weight is 412 g/mol. The number of fused-ring (bicyclic) bond motifs is 1. The van der Waals surface area contributed by atoms with Gasteiger partial charge in [0.1, 0.15) is 5.82 Å². The molecule has 2 aromatic carbocycles. The SMILES string of the molecule is CC(NC(=O)CSc1nnnn1-c1cccc(F)c1)c1ccc2c(c1)CCCC2. The van der Waals surface area contributed by atoms with Gasteiger partial charge >= 0.3 is 0 Å². The summed E-state index contributed by atoms with van der Waals surface area (Å²) in [6.45, 7) is 1.99. The lowest BCUT2D eigenvalue weighted by atomic mass is 9.89. The van der Waals surface area contributed by atoms with Crippen molar-refractivity contribution >= 4 is 17.7 Å². The lowest BCUT2D eigenvalue weighted by Gasteiger charge is -2.20. The fourth-order valence-corrected chi connectivity index (χ4v) is 4.26. The Morgan fingerprint density at radius 1 is 1.21 bits per heavy atom. The van der Waals surface area contributed by atoms with Crippen LogP contribution in [-0.2, 0) is 17.6 Å². The summed E-state index contributed by atoms with van der Waals surface area (Å²) in [6.07, 6.45) is 4.74. The number of nitrogens with one attached hydrogen (secondary N) is 1. The van der Waals surface area contributed by atoms with Crippen LogP contribution in [0.4, 0.5) is 4.39 Å². The van der Waals surface area contributed by atoms with E-state index < -0.39 is 0 Å². The Morgan fingerprint density at radius 2 is 2.03 bits per heavy atom. The molecule has 4 rings (SSSR count). The second kappa shape index (κ2) is 8.73. The summed E-state index contributed by atoms with van der Waals surface area (Å²) in [4.78, 5) is 12.4. The van der Waals surface area contributed by atoms with Gasteiger partial charge in [-0.2, -0.15) is 4.68 Å². The highest BCUT2D eigenvalue weighted by Gasteiger charge is 2.16. The van der Waals surface area contributed by atoms with E-state index in [1.165, 1.54) is 52.5 Å². The number of benzene rings is 2. The Bertz CT molecular complexity index is 1020. The van der Waals surface area contributed by atoms with E-state index in [0.29, 0.717) is 10.8 Å². The molecule has 0 saturated heterocycles. The maximum Gasteiger partial charge on any atom is 0.230 e. The van der Waals surface area contributed by atoms with E-state index in [1.807, 2.05) is 6.92 Å². The molecule has 1 amide bonds. The van der Waals surface area contributed by atoms with Crippen LogP contribution in [-0.4, -0.2) is 31.9 Å². The van der Waals surface area contributed by atoms with Gasteiger partial charge in [-0.25, -0.2) is 4.39 Å². The van der Waals surface area contributed by atoms with Crippen molar-refractivity contribution in [3.05, 3.63) is 65.0 Å². The van der Waals surface area contributed by atoms with Crippen molar-refractivity contribution in [3.63, 3.8) is 0 Å². The molecule has 0 radical (unpaired) electrons. The second-order valence-corrected chi connectivity index (χ2v) is 8.11. The molecule has 1 N–H and O–H groups in total. The first-order chi connectivity index (χ1) is 14.1. The first-order valence-corrected chi connectivity index (χ1v) is 10.7. The molecule has 0 saturated carbocycles. The van der Waals surface area contributed by atoms with Crippen LogP contribution in [0, 0.1) is 5.82 Å². The molecule has 1 aliphatic carbocycles. The number of aromatic nitrogens is 4. The Balaban J connectivity index is 1.37. The highest BCUT2D eigenvalue weighted by atomic mass is 32.2. The zero-order chi connectivity index (χ0) is 20.2. The number of hydrogen-bond donors (Lipinski definition) is 1. The predicted molar refractivity (Wildman–Crippen MR) is 109 cm³/mol. The Morgan fingerprint density at radius 3 is 2.86 bits per heavy atom. The molecule has 0 fully saturated rings. The van der Waals surface area contributed by atoms with Crippen molar-refractivity contribution in [3.8, 4) is 5.69 Å². The maximum absolute atomic E-state index is 13.5. The molecule has 0 spiro atoms. The van der Waals surface area contributed by atoms with E-state index in [9.17, 15) is 9.18 Å². The highest BCUT2D eigenvalue weighted by Crippen LogP contribution is 2.25. The summed E-state index contributed by atoms with van der Waals surface area (Å²) >= 11 is 1.21. The largest absolute Gasteiger partial charge is 0.349 e. The lowest BCUT2D eigenvalue weighted by molar-refractivity contribution is -0.119. The van der Waals surface area contributed by atoms with Crippen LogP contribution in [0.2, 0.25) is 0 Å². The molecule has 3 aromatic rings. The van der Waals surface area contributed by atoms with Gasteiger partial charge in [-0.05, 0) is 77.9 Å². The minimum atomic E-state index is -0.370. The minimum absolute atomic E-state index is 0.0745. The number of halogens is 1. The molecule has 1 unspecified atom stereocenters. The zero-order valence-corrected chi connectivity index (χ0v) is 17.0. The van der Waals surface area contributed by atoms with Crippen LogP contribution in [0.25, 0.3) is 5.69 Å². The summed E-state index contributed by atoms with van der Waals surface area (Å²) < 4.78 is 14.9. The van der Waals surface area contributed by atoms with Gasteiger partial charge in [-0.3, -0.25) is 4.79 Å². The fraction of sp³-hybridized carbons (Fsp3) is 0.333. The number of hydrogen-bond acceptors (Lipinski definition) is 5. The third-order valence-electron chi connectivity index (χ3n) is 5.08. The summed E-state index contributed by atoms with van der Waals surface area (Å²) in [5.74, 6) is -0.301. The van der Waals surface area contributed by atoms with Crippen LogP contribution in [0.5, 0.6) is 0 Å². The molecule has 0 bridgehead atoms.